The quantitative estimate of drug-likeness (QED) is 0.550. The van der Waals surface area contributed by atoms with Crippen molar-refractivity contribution in [2.45, 2.75) is 66.1 Å². The fourth-order valence-corrected chi connectivity index (χ4v) is 2.63. The van der Waals surface area contributed by atoms with Crippen LogP contribution in [0, 0.1) is 5.41 Å². The third kappa shape index (κ3) is 5.01. The Morgan fingerprint density at radius 1 is 1.08 bits per heavy atom. The minimum atomic E-state index is -0.380. The molecule has 5 nitrogen and oxygen atoms in total. The van der Waals surface area contributed by atoms with E-state index in [4.69, 9.17) is 18.8 Å². The molecule has 2 rings (SSSR count). The lowest BCUT2D eigenvalue weighted by Gasteiger charge is -2.32. The summed E-state index contributed by atoms with van der Waals surface area (Å²) in [6.07, 6.45) is 0.326. The summed E-state index contributed by atoms with van der Waals surface area (Å²) in [6.45, 7) is 14.8. The molecule has 0 amide bonds. The van der Waals surface area contributed by atoms with Gasteiger partial charge < -0.3 is 18.8 Å². The number of rotatable bonds is 7. The monoisotopic (exact) mass is 362 g/mol. The van der Waals surface area contributed by atoms with Gasteiger partial charge in [-0.05, 0) is 52.2 Å². The van der Waals surface area contributed by atoms with Gasteiger partial charge in [-0.2, -0.15) is 0 Å². The Labute approximate surface area is 157 Å². The third-order valence-electron chi connectivity index (χ3n) is 4.96. The number of hydrogen-bond donors (Lipinski definition) is 0. The van der Waals surface area contributed by atoms with Crippen molar-refractivity contribution >= 4 is 18.6 Å². The van der Waals surface area contributed by atoms with Crippen LogP contribution in [-0.2, 0) is 18.8 Å². The first-order chi connectivity index (χ1) is 12.0. The Bertz CT molecular complexity index is 606. The van der Waals surface area contributed by atoms with Crippen molar-refractivity contribution in [3.05, 3.63) is 24.3 Å². The van der Waals surface area contributed by atoms with Gasteiger partial charge in [-0.3, -0.25) is 4.79 Å². The van der Waals surface area contributed by atoms with Gasteiger partial charge in [0.1, 0.15) is 5.75 Å². The largest absolute Gasteiger partial charge is 0.494 e. The average molecular weight is 362 g/mol. The first-order valence-corrected chi connectivity index (χ1v) is 9.20. The molecule has 1 aliphatic rings. The van der Waals surface area contributed by atoms with Crippen LogP contribution in [0.2, 0.25) is 0 Å². The molecule has 1 aromatic carbocycles. The van der Waals surface area contributed by atoms with Crippen LogP contribution >= 0.6 is 0 Å². The molecule has 1 aliphatic heterocycles. The van der Waals surface area contributed by atoms with Gasteiger partial charge in [0, 0.05) is 5.41 Å². The normalized spacial score (nSPS) is 18.7. The summed E-state index contributed by atoms with van der Waals surface area (Å²) in [5.74, 6) is 0.555. The maximum atomic E-state index is 11.7. The van der Waals surface area contributed by atoms with Crippen LogP contribution in [0.4, 0.5) is 0 Å². The van der Waals surface area contributed by atoms with Crippen LogP contribution in [0.1, 0.15) is 54.9 Å². The van der Waals surface area contributed by atoms with Crippen molar-refractivity contribution in [2.24, 2.45) is 5.41 Å². The molecule has 0 aromatic heterocycles. The number of carbonyl (C=O) groups is 1. The van der Waals surface area contributed by atoms with Crippen LogP contribution in [-0.4, -0.2) is 37.5 Å². The van der Waals surface area contributed by atoms with Crippen LogP contribution in [0.5, 0.6) is 5.75 Å². The Morgan fingerprint density at radius 3 is 2.12 bits per heavy atom. The van der Waals surface area contributed by atoms with E-state index in [1.807, 2.05) is 72.7 Å². The molecule has 0 aliphatic carbocycles. The number of carbonyl (C=O) groups excluding carboxylic acids is 1. The second-order valence-electron chi connectivity index (χ2n) is 8.59. The minimum Gasteiger partial charge on any atom is -0.493 e. The fraction of sp³-hybridized carbons (Fsp3) is 0.650. The topological polar surface area (TPSA) is 54.0 Å². The second kappa shape index (κ2) is 7.61. The highest BCUT2D eigenvalue weighted by atomic mass is 16.7. The highest BCUT2D eigenvalue weighted by Gasteiger charge is 2.51. The van der Waals surface area contributed by atoms with E-state index in [1.54, 1.807) is 0 Å². The molecule has 1 heterocycles. The smallest absolute Gasteiger partial charge is 0.493 e. The summed E-state index contributed by atoms with van der Waals surface area (Å²) < 4.78 is 23.0. The zero-order chi connectivity index (χ0) is 19.6. The van der Waals surface area contributed by atoms with E-state index in [1.165, 1.54) is 0 Å². The van der Waals surface area contributed by atoms with Crippen LogP contribution in [0.3, 0.4) is 0 Å². The summed E-state index contributed by atoms with van der Waals surface area (Å²) in [5.41, 5.74) is -0.0494. The number of esters is 1. The molecule has 0 radical (unpaired) electrons. The van der Waals surface area contributed by atoms with E-state index >= 15 is 0 Å². The Balaban J connectivity index is 1.93. The zero-order valence-corrected chi connectivity index (χ0v) is 17.0. The third-order valence-corrected chi connectivity index (χ3v) is 4.96. The van der Waals surface area contributed by atoms with Crippen molar-refractivity contribution < 1.29 is 23.6 Å². The first-order valence-electron chi connectivity index (χ1n) is 9.20. The van der Waals surface area contributed by atoms with E-state index in [2.05, 4.69) is 0 Å². The van der Waals surface area contributed by atoms with Gasteiger partial charge in [-0.1, -0.05) is 26.0 Å². The molecule has 1 saturated heterocycles. The standard InChI is InChI=1S/C20H31BO5/c1-8-23-17(22)13-18(2,3)14-24-16-11-9-15(10-12-16)21-25-19(4,5)20(6,7)26-21/h9-12H,8,13-14H2,1-7H3. The lowest BCUT2D eigenvalue weighted by atomic mass is 9.79. The van der Waals surface area contributed by atoms with Crippen LogP contribution < -0.4 is 10.2 Å². The lowest BCUT2D eigenvalue weighted by molar-refractivity contribution is -0.145. The molecule has 6 heteroatoms. The van der Waals surface area contributed by atoms with Gasteiger partial charge in [0.05, 0.1) is 30.8 Å². The SMILES string of the molecule is CCOC(=O)CC(C)(C)COc1ccc(B2OC(C)(C)C(C)(C)O2)cc1. The number of benzene rings is 1. The van der Waals surface area contributed by atoms with Gasteiger partial charge >= 0.3 is 13.1 Å². The highest BCUT2D eigenvalue weighted by Crippen LogP contribution is 2.36. The molecule has 0 N–H and O–H groups in total. The van der Waals surface area contributed by atoms with Gasteiger partial charge in [0.25, 0.3) is 0 Å². The summed E-state index contributed by atoms with van der Waals surface area (Å²) in [5, 5.41) is 0. The molecule has 1 aromatic rings. The van der Waals surface area contributed by atoms with E-state index in [0.29, 0.717) is 19.6 Å². The molecule has 1 fully saturated rings. The molecular formula is C20H31BO5. The van der Waals surface area contributed by atoms with E-state index in [0.717, 1.165) is 11.2 Å². The predicted molar refractivity (Wildman–Crippen MR) is 103 cm³/mol. The maximum absolute atomic E-state index is 11.7. The van der Waals surface area contributed by atoms with Gasteiger partial charge in [0.2, 0.25) is 0 Å². The van der Waals surface area contributed by atoms with Gasteiger partial charge in [-0.15, -0.1) is 0 Å². The second-order valence-corrected chi connectivity index (χ2v) is 8.59. The molecule has 0 bridgehead atoms. The minimum absolute atomic E-state index is 0.197. The molecule has 0 atom stereocenters. The van der Waals surface area contributed by atoms with E-state index < -0.39 is 0 Å². The zero-order valence-electron chi connectivity index (χ0n) is 17.0. The molecular weight excluding hydrogens is 331 g/mol. The predicted octanol–water partition coefficient (Wildman–Crippen LogP) is 3.34. The lowest BCUT2D eigenvalue weighted by Crippen LogP contribution is -2.41. The van der Waals surface area contributed by atoms with Crippen molar-refractivity contribution in [3.8, 4) is 5.75 Å². The molecule has 0 spiro atoms. The molecule has 26 heavy (non-hydrogen) atoms. The first kappa shape index (κ1) is 20.8. The Morgan fingerprint density at radius 2 is 1.62 bits per heavy atom. The van der Waals surface area contributed by atoms with Crippen molar-refractivity contribution in [3.63, 3.8) is 0 Å². The molecule has 144 valence electrons. The van der Waals surface area contributed by atoms with Crippen molar-refractivity contribution in [1.82, 2.24) is 0 Å². The van der Waals surface area contributed by atoms with E-state index in [-0.39, 0.29) is 29.7 Å². The number of hydrogen-bond acceptors (Lipinski definition) is 5. The van der Waals surface area contributed by atoms with Crippen molar-refractivity contribution in [2.75, 3.05) is 13.2 Å². The van der Waals surface area contributed by atoms with Crippen LogP contribution in [0.15, 0.2) is 24.3 Å². The van der Waals surface area contributed by atoms with Crippen LogP contribution in [0.25, 0.3) is 0 Å². The fourth-order valence-electron chi connectivity index (χ4n) is 2.63. The highest BCUT2D eigenvalue weighted by molar-refractivity contribution is 6.62. The van der Waals surface area contributed by atoms with Crippen molar-refractivity contribution in [1.29, 1.82) is 0 Å². The average Bonchev–Trinajstić information content (AvgIpc) is 2.74. The van der Waals surface area contributed by atoms with Gasteiger partial charge in [-0.25, -0.2) is 0 Å². The molecule has 0 unspecified atom stereocenters. The summed E-state index contributed by atoms with van der Waals surface area (Å²) >= 11 is 0. The molecule has 0 saturated carbocycles. The Hall–Kier alpha value is -1.53. The number of ether oxygens (including phenoxy) is 2. The summed E-state index contributed by atoms with van der Waals surface area (Å²) in [7, 11) is -0.380. The summed E-state index contributed by atoms with van der Waals surface area (Å²) in [4.78, 5) is 11.7. The summed E-state index contributed by atoms with van der Waals surface area (Å²) in [6, 6.07) is 7.72. The Kier molecular flexibility index (Phi) is 6.08. The van der Waals surface area contributed by atoms with Gasteiger partial charge in [0.15, 0.2) is 0 Å². The maximum Gasteiger partial charge on any atom is 0.494 e. The van der Waals surface area contributed by atoms with E-state index in [9.17, 15) is 4.79 Å².